The molecule has 1 fully saturated rings. The summed E-state index contributed by atoms with van der Waals surface area (Å²) in [6, 6.07) is 17.9. The first-order valence-corrected chi connectivity index (χ1v) is 22.1. The Morgan fingerprint density at radius 1 is 0.906 bits per heavy atom. The number of anilines is 1. The van der Waals surface area contributed by atoms with Gasteiger partial charge in [-0.25, -0.2) is 4.79 Å². The van der Waals surface area contributed by atoms with Gasteiger partial charge in [0.15, 0.2) is 5.78 Å². The third kappa shape index (κ3) is 11.4. The second-order valence-electron chi connectivity index (χ2n) is 17.1. The van der Waals surface area contributed by atoms with Crippen LogP contribution < -0.4 is 27.4 Å². The van der Waals surface area contributed by atoms with Crippen molar-refractivity contribution >= 4 is 52.1 Å². The zero-order chi connectivity index (χ0) is 46.1. The SMILES string of the molecule is CC(=O)O.C[C@@H](OCc1ccc(CCCOCCCc2cccc3c2n(C)c(=O)n3C2CCC(=O)NC2=O)cc1)[C@H](CCC(N)=O)CC(=O)[C@@H]1Cc2cccc3c2N1C(=O)[C@@H](N)CC3. The van der Waals surface area contributed by atoms with Crippen molar-refractivity contribution in [1.82, 2.24) is 14.5 Å². The van der Waals surface area contributed by atoms with E-state index in [-0.39, 0.29) is 54.6 Å². The molecule has 0 bridgehead atoms. The van der Waals surface area contributed by atoms with Crippen LogP contribution in [0.15, 0.2) is 65.5 Å². The molecule has 6 N–H and O–H groups in total. The third-order valence-electron chi connectivity index (χ3n) is 12.4. The molecule has 0 radical (unpaired) electrons. The number of benzene rings is 3. The molecule has 16 heteroatoms. The van der Waals surface area contributed by atoms with Crippen molar-refractivity contribution in [2.24, 2.45) is 24.4 Å². The number of carbonyl (C=O) groups is 6. The molecule has 1 saturated heterocycles. The fourth-order valence-corrected chi connectivity index (χ4v) is 9.10. The van der Waals surface area contributed by atoms with E-state index in [1.165, 1.54) is 10.1 Å². The molecule has 3 aliphatic heterocycles. The predicted octanol–water partition coefficient (Wildman–Crippen LogP) is 3.97. The number of nitrogens with zero attached hydrogens (tertiary/aromatic N) is 3. The summed E-state index contributed by atoms with van der Waals surface area (Å²) in [7, 11) is 1.71. The number of imidazole rings is 1. The molecule has 0 spiro atoms. The van der Waals surface area contributed by atoms with E-state index < -0.39 is 35.9 Å². The Bertz CT molecular complexity index is 2420. The van der Waals surface area contributed by atoms with E-state index in [1.807, 2.05) is 55.5 Å². The number of carboxylic acid groups (broad SMARTS) is 1. The number of ether oxygens (including phenoxy) is 2. The van der Waals surface area contributed by atoms with Crippen molar-refractivity contribution in [1.29, 1.82) is 0 Å². The molecule has 3 aliphatic rings. The lowest BCUT2D eigenvalue weighted by Crippen LogP contribution is -2.50. The molecule has 4 heterocycles. The van der Waals surface area contributed by atoms with Crippen LogP contribution in [0.2, 0.25) is 0 Å². The molecule has 4 amide bonds. The Balaban J connectivity index is 0.00000163. The summed E-state index contributed by atoms with van der Waals surface area (Å²) in [5.74, 6) is -2.58. The number of carbonyl (C=O) groups excluding carboxylic acids is 5. The van der Waals surface area contributed by atoms with Gasteiger partial charge in [-0.15, -0.1) is 0 Å². The summed E-state index contributed by atoms with van der Waals surface area (Å²) in [5.41, 5.74) is 19.0. The number of rotatable bonds is 19. The molecule has 1 unspecified atom stereocenters. The number of nitrogens with two attached hydrogens (primary N) is 2. The maximum atomic E-state index is 14.0. The van der Waals surface area contributed by atoms with Crippen LogP contribution in [0.3, 0.4) is 0 Å². The van der Waals surface area contributed by atoms with E-state index in [2.05, 4.69) is 17.4 Å². The van der Waals surface area contributed by atoms with E-state index in [0.717, 1.165) is 59.6 Å². The summed E-state index contributed by atoms with van der Waals surface area (Å²) >= 11 is 0. The number of ketones is 1. The molecule has 1 aromatic heterocycles. The topological polar surface area (TPSA) is 235 Å². The van der Waals surface area contributed by atoms with E-state index >= 15 is 0 Å². The number of imide groups is 1. The average Bonchev–Trinajstić information content (AvgIpc) is 3.73. The monoisotopic (exact) mass is 880 g/mol. The zero-order valence-electron chi connectivity index (χ0n) is 36.9. The maximum absolute atomic E-state index is 14.0. The minimum absolute atomic E-state index is 0.0668. The Morgan fingerprint density at radius 2 is 1.58 bits per heavy atom. The lowest BCUT2D eigenvalue weighted by Gasteiger charge is -2.29. The molecular formula is C48H60N6O10. The molecule has 3 aromatic carbocycles. The number of aromatic nitrogens is 2. The first kappa shape index (κ1) is 47.5. The third-order valence-corrected chi connectivity index (χ3v) is 12.4. The summed E-state index contributed by atoms with van der Waals surface area (Å²) in [4.78, 5) is 87.3. The number of aryl methyl sites for hydroxylation is 4. The van der Waals surface area contributed by atoms with Crippen molar-refractivity contribution in [3.63, 3.8) is 0 Å². The number of amides is 4. The van der Waals surface area contributed by atoms with Crippen LogP contribution in [-0.2, 0) is 77.6 Å². The first-order chi connectivity index (χ1) is 30.6. The Kier molecular flexibility index (Phi) is 16.0. The van der Waals surface area contributed by atoms with E-state index in [0.29, 0.717) is 63.9 Å². The molecule has 4 aromatic rings. The molecule has 16 nitrogen and oxygen atoms in total. The van der Waals surface area contributed by atoms with Gasteiger partial charge in [-0.1, -0.05) is 54.6 Å². The molecule has 64 heavy (non-hydrogen) atoms. The number of primary amides is 1. The highest BCUT2D eigenvalue weighted by molar-refractivity contribution is 6.07. The van der Waals surface area contributed by atoms with Crippen molar-refractivity contribution < 1.29 is 43.3 Å². The smallest absolute Gasteiger partial charge is 0.329 e. The van der Waals surface area contributed by atoms with Gasteiger partial charge in [0.1, 0.15) is 6.04 Å². The van der Waals surface area contributed by atoms with Crippen molar-refractivity contribution in [2.75, 3.05) is 18.1 Å². The fourth-order valence-electron chi connectivity index (χ4n) is 9.10. The van der Waals surface area contributed by atoms with Crippen molar-refractivity contribution in [3.05, 3.63) is 99.0 Å². The number of hydrogen-bond acceptors (Lipinski definition) is 10. The predicted molar refractivity (Wildman–Crippen MR) is 239 cm³/mol. The Hall–Kier alpha value is -5.97. The van der Waals surface area contributed by atoms with Gasteiger partial charge in [0, 0.05) is 52.9 Å². The first-order valence-electron chi connectivity index (χ1n) is 22.1. The highest BCUT2D eigenvalue weighted by Gasteiger charge is 2.43. The van der Waals surface area contributed by atoms with E-state index in [1.54, 1.807) is 16.5 Å². The number of nitrogens with one attached hydrogen (secondary N) is 1. The molecule has 342 valence electrons. The number of para-hydroxylation sites is 2. The normalized spacial score (nSPS) is 19.0. The second-order valence-corrected chi connectivity index (χ2v) is 17.1. The maximum Gasteiger partial charge on any atom is 0.329 e. The van der Waals surface area contributed by atoms with Gasteiger partial charge in [-0.05, 0) is 98.1 Å². The number of piperidine rings is 1. The molecular weight excluding hydrogens is 821 g/mol. The zero-order valence-corrected chi connectivity index (χ0v) is 36.9. The summed E-state index contributed by atoms with van der Waals surface area (Å²) < 4.78 is 15.4. The lowest BCUT2D eigenvalue weighted by molar-refractivity contribution is -0.136. The van der Waals surface area contributed by atoms with Gasteiger partial charge in [-0.3, -0.25) is 48.1 Å². The van der Waals surface area contributed by atoms with Crippen LogP contribution in [-0.4, -0.2) is 81.0 Å². The quantitative estimate of drug-likeness (QED) is 0.0777. The van der Waals surface area contributed by atoms with Crippen molar-refractivity contribution in [3.8, 4) is 0 Å². The summed E-state index contributed by atoms with van der Waals surface area (Å²) in [6.07, 6.45) is 5.69. The van der Waals surface area contributed by atoms with E-state index in [4.69, 9.17) is 30.8 Å². The van der Waals surface area contributed by atoms with Crippen LogP contribution in [0.4, 0.5) is 5.69 Å². The largest absolute Gasteiger partial charge is 0.481 e. The number of aliphatic carboxylic acids is 1. The molecule has 0 aliphatic carbocycles. The van der Waals surface area contributed by atoms with Gasteiger partial charge in [-0.2, -0.15) is 0 Å². The van der Waals surface area contributed by atoms with Gasteiger partial charge < -0.3 is 26.0 Å². The van der Waals surface area contributed by atoms with Gasteiger partial charge in [0.25, 0.3) is 5.97 Å². The average molecular weight is 881 g/mol. The molecule has 7 rings (SSSR count). The summed E-state index contributed by atoms with van der Waals surface area (Å²) in [6.45, 7) is 4.52. The van der Waals surface area contributed by atoms with Gasteiger partial charge in [0.05, 0.1) is 41.5 Å². The van der Waals surface area contributed by atoms with Crippen LogP contribution in [0.5, 0.6) is 0 Å². The highest BCUT2D eigenvalue weighted by atomic mass is 16.5. The fraction of sp³-hybridized carbons (Fsp3) is 0.479. The number of hydrogen-bond donors (Lipinski definition) is 4. The molecule has 5 atom stereocenters. The number of Topliss-reactive ketones (excluding diaryl/α,β-unsaturated/α-hetero) is 1. The molecule has 0 saturated carbocycles. The van der Waals surface area contributed by atoms with Gasteiger partial charge >= 0.3 is 5.69 Å². The van der Waals surface area contributed by atoms with Crippen LogP contribution >= 0.6 is 0 Å². The van der Waals surface area contributed by atoms with Crippen LogP contribution in [0.25, 0.3) is 11.0 Å². The van der Waals surface area contributed by atoms with E-state index in [9.17, 15) is 28.8 Å². The standard InChI is InChI=1S/C46H56N6O8.C2H4O2/c1-28(33(18-21-40(48)54)26-39(53)38-25-34-10-3-8-32-17-19-35(47)45(57)52(38)42(32)34)60-27-30-15-13-29(14-16-30)7-5-23-59-24-6-11-31-9-4-12-36-43(31)50(2)46(58)51(36)37-20-22-41(55)49-44(37)56;1-2(3)4/h3-4,8-10,12-16,28,33,35,37-38H,5-7,11,17-27,47H2,1-2H3,(H2,48,54)(H,49,55,56);1H3,(H,3,4)/t28-,33-,35+,37?,38+;/m1./s1. The Labute approximate surface area is 372 Å². The van der Waals surface area contributed by atoms with Gasteiger partial charge in [0.2, 0.25) is 23.6 Å². The highest BCUT2D eigenvalue weighted by Crippen LogP contribution is 2.40. The Morgan fingerprint density at radius 3 is 2.28 bits per heavy atom. The van der Waals surface area contributed by atoms with Crippen LogP contribution in [0, 0.1) is 5.92 Å². The number of fused-ring (bicyclic) bond motifs is 1. The minimum Gasteiger partial charge on any atom is -0.481 e. The van der Waals surface area contributed by atoms with Crippen molar-refractivity contribution in [2.45, 2.75) is 122 Å². The number of carboxylic acids is 1. The van der Waals surface area contributed by atoms with Crippen LogP contribution in [0.1, 0.15) is 99.1 Å². The second kappa shape index (κ2) is 21.6. The minimum atomic E-state index is -0.833. The lowest BCUT2D eigenvalue weighted by atomic mass is 9.89. The summed E-state index contributed by atoms with van der Waals surface area (Å²) in [5, 5.41) is 9.77.